The first-order chi connectivity index (χ1) is 14.4. The molecule has 2 aromatic carbocycles. The van der Waals surface area contributed by atoms with E-state index in [0.717, 1.165) is 31.9 Å². The zero-order valence-electron chi connectivity index (χ0n) is 16.2. The molecule has 8 nitrogen and oxygen atoms in total. The molecule has 10 heteroatoms. The highest BCUT2D eigenvalue weighted by molar-refractivity contribution is 6.36. The van der Waals surface area contributed by atoms with Crippen LogP contribution in [-0.2, 0) is 0 Å². The van der Waals surface area contributed by atoms with E-state index in [1.807, 2.05) is 6.92 Å². The molecule has 0 amide bonds. The third-order valence-corrected chi connectivity index (χ3v) is 5.80. The Kier molecular flexibility index (Phi) is 5.90. The van der Waals surface area contributed by atoms with Gasteiger partial charge in [0.05, 0.1) is 21.6 Å². The van der Waals surface area contributed by atoms with Crippen molar-refractivity contribution in [2.24, 2.45) is 0 Å². The number of nitro benzene ring substituents is 1. The van der Waals surface area contributed by atoms with Gasteiger partial charge in [0.1, 0.15) is 0 Å². The molecular formula is C20H19Cl2N5O3. The standard InChI is InChI=1S/C20H19Cl2N5O3/c1-13(19-23-24-20(30-19)17-7-2-14(21)12-18(17)22)25-8-10-26(11-9-25)15-3-5-16(6-4-15)27(28)29/h2-7,12-13H,8-11H2,1H3/t13-/m0/s1. The minimum absolute atomic E-state index is 0.0451. The van der Waals surface area contributed by atoms with E-state index in [9.17, 15) is 10.1 Å². The summed E-state index contributed by atoms with van der Waals surface area (Å²) in [6.45, 7) is 5.23. The van der Waals surface area contributed by atoms with Crippen LogP contribution in [-0.4, -0.2) is 46.2 Å². The lowest BCUT2D eigenvalue weighted by molar-refractivity contribution is -0.384. The Morgan fingerprint density at radius 1 is 1.07 bits per heavy atom. The highest BCUT2D eigenvalue weighted by Crippen LogP contribution is 2.31. The number of nitrogens with zero attached hydrogens (tertiary/aromatic N) is 5. The Morgan fingerprint density at radius 3 is 2.40 bits per heavy atom. The van der Waals surface area contributed by atoms with Crippen molar-refractivity contribution in [3.63, 3.8) is 0 Å². The fraction of sp³-hybridized carbons (Fsp3) is 0.300. The van der Waals surface area contributed by atoms with Crippen LogP contribution in [0, 0.1) is 10.1 Å². The molecule has 0 spiro atoms. The van der Waals surface area contributed by atoms with Crippen molar-refractivity contribution in [2.45, 2.75) is 13.0 Å². The van der Waals surface area contributed by atoms with Gasteiger partial charge >= 0.3 is 0 Å². The zero-order valence-corrected chi connectivity index (χ0v) is 17.7. The van der Waals surface area contributed by atoms with Gasteiger partial charge in [-0.3, -0.25) is 15.0 Å². The number of piperazine rings is 1. The van der Waals surface area contributed by atoms with E-state index < -0.39 is 0 Å². The summed E-state index contributed by atoms with van der Waals surface area (Å²) in [6, 6.07) is 11.7. The number of halogens is 2. The van der Waals surface area contributed by atoms with Crippen molar-refractivity contribution in [1.29, 1.82) is 0 Å². The van der Waals surface area contributed by atoms with Crippen LogP contribution in [0.15, 0.2) is 46.9 Å². The molecule has 4 rings (SSSR count). The second-order valence-corrected chi connectivity index (χ2v) is 7.89. The minimum atomic E-state index is -0.390. The van der Waals surface area contributed by atoms with E-state index in [-0.39, 0.29) is 16.7 Å². The Balaban J connectivity index is 1.40. The lowest BCUT2D eigenvalue weighted by atomic mass is 10.2. The van der Waals surface area contributed by atoms with Crippen molar-refractivity contribution >= 4 is 34.6 Å². The molecule has 0 radical (unpaired) electrons. The SMILES string of the molecule is C[C@@H](c1nnc(-c2ccc(Cl)cc2Cl)o1)N1CCN(c2ccc([N+](=O)[O-])cc2)CC1. The minimum Gasteiger partial charge on any atom is -0.419 e. The highest BCUT2D eigenvalue weighted by Gasteiger charge is 2.26. The van der Waals surface area contributed by atoms with Crippen LogP contribution in [0.4, 0.5) is 11.4 Å². The number of aromatic nitrogens is 2. The van der Waals surface area contributed by atoms with Crippen LogP contribution in [0.1, 0.15) is 18.9 Å². The fourth-order valence-electron chi connectivity index (χ4n) is 3.48. The van der Waals surface area contributed by atoms with E-state index in [1.165, 1.54) is 12.1 Å². The first kappa shape index (κ1) is 20.6. The molecule has 156 valence electrons. The van der Waals surface area contributed by atoms with E-state index in [0.29, 0.717) is 27.4 Å². The number of hydrogen-bond donors (Lipinski definition) is 0. The molecule has 0 saturated carbocycles. The van der Waals surface area contributed by atoms with Gasteiger partial charge < -0.3 is 9.32 Å². The van der Waals surface area contributed by atoms with Gasteiger partial charge in [0.15, 0.2) is 0 Å². The summed E-state index contributed by atoms with van der Waals surface area (Å²) in [7, 11) is 0. The average Bonchev–Trinajstić information content (AvgIpc) is 3.23. The molecule has 3 aromatic rings. The molecule has 0 bridgehead atoms. The molecule has 1 aliphatic heterocycles. The highest BCUT2D eigenvalue weighted by atomic mass is 35.5. The summed E-state index contributed by atoms with van der Waals surface area (Å²) in [6.07, 6.45) is 0. The number of anilines is 1. The smallest absolute Gasteiger partial charge is 0.269 e. The topological polar surface area (TPSA) is 88.5 Å². The maximum absolute atomic E-state index is 10.8. The third kappa shape index (κ3) is 4.26. The molecule has 1 fully saturated rings. The Hall–Kier alpha value is -2.68. The number of non-ortho nitro benzene ring substituents is 1. The summed E-state index contributed by atoms with van der Waals surface area (Å²) in [4.78, 5) is 14.9. The Bertz CT molecular complexity index is 1050. The van der Waals surface area contributed by atoms with Gasteiger partial charge in [-0.05, 0) is 37.3 Å². The van der Waals surface area contributed by atoms with E-state index in [2.05, 4.69) is 20.0 Å². The van der Waals surface area contributed by atoms with Crippen LogP contribution < -0.4 is 4.90 Å². The molecule has 2 heterocycles. The van der Waals surface area contributed by atoms with Gasteiger partial charge in [-0.1, -0.05) is 23.2 Å². The maximum Gasteiger partial charge on any atom is 0.269 e. The van der Waals surface area contributed by atoms with E-state index in [4.69, 9.17) is 27.6 Å². The van der Waals surface area contributed by atoms with Crippen LogP contribution in [0.5, 0.6) is 0 Å². The average molecular weight is 448 g/mol. The van der Waals surface area contributed by atoms with Gasteiger partial charge in [-0.15, -0.1) is 10.2 Å². The van der Waals surface area contributed by atoms with Gasteiger partial charge in [-0.2, -0.15) is 0 Å². The molecule has 1 saturated heterocycles. The largest absolute Gasteiger partial charge is 0.419 e. The van der Waals surface area contributed by atoms with Crippen molar-refractivity contribution in [2.75, 3.05) is 31.1 Å². The van der Waals surface area contributed by atoms with E-state index in [1.54, 1.807) is 30.3 Å². The summed E-state index contributed by atoms with van der Waals surface area (Å²) in [5.41, 5.74) is 1.72. The molecular weight excluding hydrogens is 429 g/mol. The molecule has 1 atom stereocenters. The quantitative estimate of drug-likeness (QED) is 0.408. The lowest BCUT2D eigenvalue weighted by Crippen LogP contribution is -2.47. The molecule has 0 unspecified atom stereocenters. The zero-order chi connectivity index (χ0) is 21.3. The predicted octanol–water partition coefficient (Wildman–Crippen LogP) is 4.83. The van der Waals surface area contributed by atoms with Gasteiger partial charge in [0.25, 0.3) is 5.69 Å². The monoisotopic (exact) mass is 447 g/mol. The first-order valence-electron chi connectivity index (χ1n) is 9.44. The van der Waals surface area contributed by atoms with Gasteiger partial charge in [-0.25, -0.2) is 0 Å². The van der Waals surface area contributed by atoms with Crippen LogP contribution in [0.3, 0.4) is 0 Å². The second-order valence-electron chi connectivity index (χ2n) is 7.04. The maximum atomic E-state index is 10.8. The van der Waals surface area contributed by atoms with E-state index >= 15 is 0 Å². The second kappa shape index (κ2) is 8.59. The first-order valence-corrected chi connectivity index (χ1v) is 10.2. The van der Waals surface area contributed by atoms with Crippen LogP contribution in [0.2, 0.25) is 10.0 Å². The summed E-state index contributed by atoms with van der Waals surface area (Å²) in [5.74, 6) is 0.892. The molecule has 1 aliphatic rings. The normalized spacial score (nSPS) is 15.9. The number of hydrogen-bond acceptors (Lipinski definition) is 7. The third-order valence-electron chi connectivity index (χ3n) is 5.25. The number of rotatable bonds is 5. The van der Waals surface area contributed by atoms with Crippen molar-refractivity contribution in [3.8, 4) is 11.5 Å². The molecule has 0 N–H and O–H groups in total. The summed E-state index contributed by atoms with van der Waals surface area (Å²) < 4.78 is 5.88. The fourth-order valence-corrected chi connectivity index (χ4v) is 3.97. The Labute approximate surface area is 183 Å². The molecule has 30 heavy (non-hydrogen) atoms. The Morgan fingerprint density at radius 2 is 1.77 bits per heavy atom. The molecule has 0 aliphatic carbocycles. The predicted molar refractivity (Wildman–Crippen MR) is 115 cm³/mol. The molecule has 1 aromatic heterocycles. The van der Waals surface area contributed by atoms with Gasteiger partial charge in [0, 0.05) is 49.0 Å². The van der Waals surface area contributed by atoms with Crippen LogP contribution in [0.25, 0.3) is 11.5 Å². The lowest BCUT2D eigenvalue weighted by Gasteiger charge is -2.38. The van der Waals surface area contributed by atoms with Crippen LogP contribution >= 0.6 is 23.2 Å². The van der Waals surface area contributed by atoms with Crippen molar-refractivity contribution < 1.29 is 9.34 Å². The summed E-state index contributed by atoms with van der Waals surface area (Å²) >= 11 is 12.2. The summed E-state index contributed by atoms with van der Waals surface area (Å²) in [5, 5.41) is 20.2. The van der Waals surface area contributed by atoms with Crippen molar-refractivity contribution in [3.05, 3.63) is 68.5 Å². The van der Waals surface area contributed by atoms with Gasteiger partial charge in [0.2, 0.25) is 11.8 Å². The number of benzene rings is 2. The number of nitro groups is 1. The van der Waals surface area contributed by atoms with Crippen molar-refractivity contribution in [1.82, 2.24) is 15.1 Å².